The molecule has 0 aliphatic rings. The van der Waals surface area contributed by atoms with Gasteiger partial charge in [-0.2, -0.15) is 0 Å². The zero-order valence-electron chi connectivity index (χ0n) is 12.0. The summed E-state index contributed by atoms with van der Waals surface area (Å²) in [5.74, 6) is -0.0446. The Morgan fingerprint density at radius 3 is 2.63 bits per heavy atom. The van der Waals surface area contributed by atoms with Crippen molar-refractivity contribution < 1.29 is 9.53 Å². The highest BCUT2D eigenvalue weighted by Crippen LogP contribution is 2.21. The number of halogens is 1. The van der Waals surface area contributed by atoms with E-state index in [4.69, 9.17) is 16.3 Å². The van der Waals surface area contributed by atoms with E-state index >= 15 is 0 Å². The number of amides is 1. The lowest BCUT2D eigenvalue weighted by Crippen LogP contribution is -2.22. The highest BCUT2D eigenvalue weighted by molar-refractivity contribution is 6.31. The van der Waals surface area contributed by atoms with Gasteiger partial charge in [0.2, 0.25) is 5.91 Å². The molecule has 19 heavy (non-hydrogen) atoms. The van der Waals surface area contributed by atoms with Crippen molar-refractivity contribution in [1.29, 1.82) is 0 Å². The summed E-state index contributed by atoms with van der Waals surface area (Å²) < 4.78 is 5.72. The van der Waals surface area contributed by atoms with Gasteiger partial charge in [-0.1, -0.05) is 23.7 Å². The number of rotatable bonds is 5. The topological polar surface area (TPSA) is 38.3 Å². The van der Waals surface area contributed by atoms with Crippen LogP contribution in [0.5, 0.6) is 0 Å². The number of ether oxygens (including phenoxy) is 1. The Morgan fingerprint density at radius 1 is 1.37 bits per heavy atom. The molecule has 1 aromatic carbocycles. The first-order valence-corrected chi connectivity index (χ1v) is 6.82. The van der Waals surface area contributed by atoms with Crippen LogP contribution in [0, 0.1) is 0 Å². The molecule has 0 heterocycles. The average molecular weight is 284 g/mol. The van der Waals surface area contributed by atoms with E-state index in [0.717, 1.165) is 22.6 Å². The van der Waals surface area contributed by atoms with Crippen molar-refractivity contribution in [3.8, 4) is 0 Å². The van der Waals surface area contributed by atoms with E-state index in [-0.39, 0.29) is 11.5 Å². The molecule has 1 rings (SSSR count). The van der Waals surface area contributed by atoms with Gasteiger partial charge in [0.05, 0.1) is 12.2 Å². The van der Waals surface area contributed by atoms with Crippen molar-refractivity contribution in [1.82, 2.24) is 5.32 Å². The molecule has 0 fully saturated rings. The molecule has 0 aliphatic carbocycles. The second-order valence-corrected chi connectivity index (χ2v) is 5.91. The fraction of sp³-hybridized carbons (Fsp3) is 0.533. The summed E-state index contributed by atoms with van der Waals surface area (Å²) in [6, 6.07) is 5.74. The molecule has 3 nitrogen and oxygen atoms in total. The second kappa shape index (κ2) is 6.92. The summed E-state index contributed by atoms with van der Waals surface area (Å²) in [6.07, 6.45) is 0.742. The Kier molecular flexibility index (Phi) is 5.83. The van der Waals surface area contributed by atoms with Gasteiger partial charge in [0.25, 0.3) is 0 Å². The summed E-state index contributed by atoms with van der Waals surface area (Å²) in [7, 11) is 0. The molecule has 0 aromatic heterocycles. The third-order valence-electron chi connectivity index (χ3n) is 2.63. The minimum Gasteiger partial charge on any atom is -0.376 e. The molecule has 4 heteroatoms. The zero-order valence-corrected chi connectivity index (χ0v) is 12.8. The molecule has 106 valence electrons. The largest absolute Gasteiger partial charge is 0.376 e. The van der Waals surface area contributed by atoms with Gasteiger partial charge >= 0.3 is 0 Å². The number of carbonyl (C=O) groups excluding carboxylic acids is 1. The lowest BCUT2D eigenvalue weighted by Gasteiger charge is -2.20. The van der Waals surface area contributed by atoms with Crippen LogP contribution in [-0.2, 0) is 22.5 Å². The van der Waals surface area contributed by atoms with E-state index in [0.29, 0.717) is 13.2 Å². The van der Waals surface area contributed by atoms with Crippen molar-refractivity contribution in [3.05, 3.63) is 34.3 Å². The van der Waals surface area contributed by atoms with Gasteiger partial charge in [-0.05, 0) is 44.4 Å². The molecule has 0 spiro atoms. The predicted molar refractivity (Wildman–Crippen MR) is 78.4 cm³/mol. The summed E-state index contributed by atoms with van der Waals surface area (Å²) in [6.45, 7) is 8.70. The normalized spacial score (nSPS) is 11.4. The molecule has 0 saturated heterocycles. The molecule has 1 amide bonds. The van der Waals surface area contributed by atoms with E-state index < -0.39 is 0 Å². The van der Waals surface area contributed by atoms with Crippen LogP contribution in [0.25, 0.3) is 0 Å². The maximum atomic E-state index is 11.0. The number of carbonyl (C=O) groups is 1. The van der Waals surface area contributed by atoms with Crippen LogP contribution in [0.1, 0.15) is 38.8 Å². The number of benzene rings is 1. The van der Waals surface area contributed by atoms with E-state index in [1.165, 1.54) is 6.92 Å². The van der Waals surface area contributed by atoms with Gasteiger partial charge < -0.3 is 10.1 Å². The Hall–Kier alpha value is -1.06. The molecule has 1 aromatic rings. The Morgan fingerprint density at radius 2 is 2.05 bits per heavy atom. The standard InChI is InChI=1S/C15H22ClNO2/c1-11(18)17-10-12-6-5-7-14(16)13(12)8-9-19-15(2,3)4/h5-7H,8-10H2,1-4H3,(H,17,18). The molecule has 0 aliphatic heterocycles. The van der Waals surface area contributed by atoms with Gasteiger partial charge in [-0.15, -0.1) is 0 Å². The maximum Gasteiger partial charge on any atom is 0.217 e. The van der Waals surface area contributed by atoms with Crippen LogP contribution in [-0.4, -0.2) is 18.1 Å². The number of hydrogen-bond donors (Lipinski definition) is 1. The molecule has 0 bridgehead atoms. The fourth-order valence-corrected chi connectivity index (χ4v) is 2.02. The predicted octanol–water partition coefficient (Wildman–Crippen LogP) is 3.33. The monoisotopic (exact) mass is 283 g/mol. The quantitative estimate of drug-likeness (QED) is 0.900. The summed E-state index contributed by atoms with van der Waals surface area (Å²) in [5, 5.41) is 3.52. The Balaban J connectivity index is 2.71. The van der Waals surface area contributed by atoms with Gasteiger partial charge in [-0.3, -0.25) is 4.79 Å². The lowest BCUT2D eigenvalue weighted by atomic mass is 10.0. The van der Waals surface area contributed by atoms with E-state index in [1.54, 1.807) is 0 Å². The minimum absolute atomic E-state index is 0.0446. The highest BCUT2D eigenvalue weighted by atomic mass is 35.5. The van der Waals surface area contributed by atoms with Crippen molar-refractivity contribution in [3.63, 3.8) is 0 Å². The molecule has 1 N–H and O–H groups in total. The van der Waals surface area contributed by atoms with Crippen molar-refractivity contribution in [2.45, 2.75) is 46.3 Å². The first-order chi connectivity index (χ1) is 8.79. The van der Waals surface area contributed by atoms with Crippen LogP contribution >= 0.6 is 11.6 Å². The maximum absolute atomic E-state index is 11.0. The zero-order chi connectivity index (χ0) is 14.5. The lowest BCUT2D eigenvalue weighted by molar-refractivity contribution is -0.119. The summed E-state index contributed by atoms with van der Waals surface area (Å²) in [4.78, 5) is 11.0. The van der Waals surface area contributed by atoms with Crippen molar-refractivity contribution in [2.75, 3.05) is 6.61 Å². The average Bonchev–Trinajstić information content (AvgIpc) is 2.27. The summed E-state index contributed by atoms with van der Waals surface area (Å²) in [5.41, 5.74) is 1.93. The van der Waals surface area contributed by atoms with Crippen LogP contribution < -0.4 is 5.32 Å². The van der Waals surface area contributed by atoms with Gasteiger partial charge in [-0.25, -0.2) is 0 Å². The fourth-order valence-electron chi connectivity index (χ4n) is 1.73. The molecular formula is C15H22ClNO2. The number of hydrogen-bond acceptors (Lipinski definition) is 2. The Bertz CT molecular complexity index is 438. The van der Waals surface area contributed by atoms with E-state index in [9.17, 15) is 4.79 Å². The van der Waals surface area contributed by atoms with Gasteiger partial charge in [0.15, 0.2) is 0 Å². The van der Waals surface area contributed by atoms with Crippen molar-refractivity contribution >= 4 is 17.5 Å². The van der Waals surface area contributed by atoms with Crippen LogP contribution in [0.15, 0.2) is 18.2 Å². The van der Waals surface area contributed by atoms with Gasteiger partial charge in [0.1, 0.15) is 0 Å². The Labute approximate surface area is 120 Å². The number of nitrogens with one attached hydrogen (secondary N) is 1. The second-order valence-electron chi connectivity index (χ2n) is 5.50. The molecule has 0 saturated carbocycles. The van der Waals surface area contributed by atoms with Crippen LogP contribution in [0.4, 0.5) is 0 Å². The molecule has 0 unspecified atom stereocenters. The van der Waals surface area contributed by atoms with Crippen LogP contribution in [0.2, 0.25) is 5.02 Å². The molecular weight excluding hydrogens is 262 g/mol. The SMILES string of the molecule is CC(=O)NCc1cccc(Cl)c1CCOC(C)(C)C. The first-order valence-electron chi connectivity index (χ1n) is 6.44. The summed E-state index contributed by atoms with van der Waals surface area (Å²) >= 11 is 6.23. The molecule has 0 radical (unpaired) electrons. The van der Waals surface area contributed by atoms with Crippen molar-refractivity contribution in [2.24, 2.45) is 0 Å². The smallest absolute Gasteiger partial charge is 0.217 e. The minimum atomic E-state index is -0.154. The van der Waals surface area contributed by atoms with Gasteiger partial charge in [0, 0.05) is 18.5 Å². The van der Waals surface area contributed by atoms with E-state index in [2.05, 4.69) is 5.32 Å². The van der Waals surface area contributed by atoms with Crippen LogP contribution in [0.3, 0.4) is 0 Å². The van der Waals surface area contributed by atoms with E-state index in [1.807, 2.05) is 39.0 Å². The first kappa shape index (κ1) is 16.0. The molecule has 0 atom stereocenters. The third-order valence-corrected chi connectivity index (χ3v) is 2.98. The highest BCUT2D eigenvalue weighted by Gasteiger charge is 2.12. The third kappa shape index (κ3) is 6.08.